The first kappa shape index (κ1) is 70.2. The Hall–Kier alpha value is -7.58. The van der Waals surface area contributed by atoms with Gasteiger partial charge in [0.15, 0.2) is 0 Å². The molecule has 2 heterocycles. The first-order chi connectivity index (χ1) is 43.6. The number of hydrogen-bond donors (Lipinski definition) is 2. The van der Waals surface area contributed by atoms with Crippen LogP contribution in [-0.2, 0) is 32.5 Å². The number of aryl methyl sites for hydroxylation is 2. The van der Waals surface area contributed by atoms with Crippen LogP contribution in [0.1, 0.15) is 230 Å². The molecule has 10 aromatic rings. The lowest BCUT2D eigenvalue weighted by Gasteiger charge is -2.34. The van der Waals surface area contributed by atoms with Gasteiger partial charge in [0.1, 0.15) is 34.6 Å². The fourth-order valence-corrected chi connectivity index (χ4v) is 15.2. The standard InChI is InChI=1S/C87H108F2N2O4/c1-50-35-60(88)46-68(66-38-58(86(23,24)48-80(5,6)7)44-74(76(66)92)90-70-40-54(82(11,12)13)27-31-62(70)63-32-28-55(41-71(63)90)83(14,15)16)78(50)94-52(3)37-53(4)95-79-51(2)36-61(89)47-69(79)67-39-59(87(25,26)49-81(8,9)10)45-75(77(67)93)91-72-42-56(84(17,18)19)29-33-64(72)65-34-30-57(43-73(65)91)85(20,21)22/h27-36,38-47,52-53,92-93H,37,48-49H2,1-26H3/t52-,53+. The van der Waals surface area contributed by atoms with E-state index in [4.69, 9.17) is 9.47 Å². The normalized spacial score (nSPS) is 14.0. The zero-order chi connectivity index (χ0) is 70.2. The van der Waals surface area contributed by atoms with Crippen molar-refractivity contribution < 1.29 is 28.5 Å². The molecule has 0 saturated heterocycles. The minimum Gasteiger partial charge on any atom is -0.505 e. The molecular weight excluding hydrogens is 1170 g/mol. The molecule has 10 rings (SSSR count). The van der Waals surface area contributed by atoms with Crippen molar-refractivity contribution in [1.82, 2.24) is 9.13 Å². The van der Waals surface area contributed by atoms with Crippen LogP contribution < -0.4 is 9.47 Å². The molecule has 0 fully saturated rings. The number of phenolic OH excluding ortho intramolecular Hbond substituents is 2. The van der Waals surface area contributed by atoms with E-state index in [1.165, 1.54) is 46.5 Å². The van der Waals surface area contributed by atoms with Crippen LogP contribution in [0.5, 0.6) is 23.0 Å². The van der Waals surface area contributed by atoms with Crippen molar-refractivity contribution in [1.29, 1.82) is 0 Å². The number of ether oxygens (including phenoxy) is 2. The van der Waals surface area contributed by atoms with E-state index >= 15 is 8.78 Å². The molecule has 2 atom stereocenters. The quantitative estimate of drug-likeness (QED) is 0.114. The van der Waals surface area contributed by atoms with Crippen LogP contribution in [-0.4, -0.2) is 31.6 Å². The Labute approximate surface area is 567 Å². The Balaban J connectivity index is 1.10. The van der Waals surface area contributed by atoms with Crippen LogP contribution in [0.2, 0.25) is 0 Å². The maximum absolute atomic E-state index is 16.5. The third-order valence-corrected chi connectivity index (χ3v) is 19.5. The Morgan fingerprint density at radius 2 is 0.632 bits per heavy atom. The highest BCUT2D eigenvalue weighted by Crippen LogP contribution is 2.52. The summed E-state index contributed by atoms with van der Waals surface area (Å²) in [5.74, 6) is 0.0282. The van der Waals surface area contributed by atoms with E-state index in [1.807, 2.05) is 39.8 Å². The van der Waals surface area contributed by atoms with Gasteiger partial charge in [-0.1, -0.05) is 201 Å². The number of aromatic hydroxyl groups is 2. The predicted octanol–water partition coefficient (Wildman–Crippen LogP) is 24.8. The van der Waals surface area contributed by atoms with Crippen molar-refractivity contribution in [3.8, 4) is 56.6 Å². The van der Waals surface area contributed by atoms with Crippen molar-refractivity contribution in [2.45, 2.75) is 244 Å². The van der Waals surface area contributed by atoms with Gasteiger partial charge in [-0.25, -0.2) is 8.78 Å². The number of phenols is 2. The minimum absolute atomic E-state index is 0.0136. The van der Waals surface area contributed by atoms with Crippen LogP contribution in [0, 0.1) is 36.3 Å². The van der Waals surface area contributed by atoms with E-state index < -0.39 is 34.7 Å². The molecule has 95 heavy (non-hydrogen) atoms. The van der Waals surface area contributed by atoms with Crippen molar-refractivity contribution in [2.75, 3.05) is 0 Å². The zero-order valence-electron chi connectivity index (χ0n) is 62.2. The van der Waals surface area contributed by atoms with E-state index in [-0.39, 0.29) is 44.0 Å². The molecule has 0 bridgehead atoms. The lowest BCUT2D eigenvalue weighted by molar-refractivity contribution is 0.130. The van der Waals surface area contributed by atoms with E-state index in [2.05, 4.69) is 246 Å². The van der Waals surface area contributed by atoms with Gasteiger partial charge in [0, 0.05) is 50.2 Å². The van der Waals surface area contributed by atoms with Gasteiger partial charge >= 0.3 is 0 Å². The summed E-state index contributed by atoms with van der Waals surface area (Å²) >= 11 is 0. The fourth-order valence-electron chi connectivity index (χ4n) is 15.2. The summed E-state index contributed by atoms with van der Waals surface area (Å²) in [6, 6.07) is 41.2. The molecule has 0 radical (unpaired) electrons. The molecule has 8 heteroatoms. The lowest BCUT2D eigenvalue weighted by Crippen LogP contribution is -2.25. The summed E-state index contributed by atoms with van der Waals surface area (Å²) in [6.45, 7) is 56.9. The highest BCUT2D eigenvalue weighted by molar-refractivity contribution is 6.11. The summed E-state index contributed by atoms with van der Waals surface area (Å²) < 4.78 is 51.6. The second-order valence-electron chi connectivity index (χ2n) is 35.9. The van der Waals surface area contributed by atoms with Crippen LogP contribution in [0.3, 0.4) is 0 Å². The molecule has 6 nitrogen and oxygen atoms in total. The van der Waals surface area contributed by atoms with Crippen molar-refractivity contribution in [3.63, 3.8) is 0 Å². The number of benzene rings is 8. The maximum atomic E-state index is 16.5. The number of hydrogen-bond acceptors (Lipinski definition) is 4. The Morgan fingerprint density at radius 3 is 0.884 bits per heavy atom. The van der Waals surface area contributed by atoms with Gasteiger partial charge in [-0.05, 0) is 201 Å². The number of nitrogens with zero attached hydrogens (tertiary/aromatic N) is 2. The van der Waals surface area contributed by atoms with Crippen molar-refractivity contribution in [2.24, 2.45) is 10.8 Å². The fraction of sp³-hybridized carbons (Fsp3) is 0.448. The molecular formula is C87H108F2N2O4. The average Bonchev–Trinajstić information content (AvgIpc) is 1.62. The second-order valence-corrected chi connectivity index (χ2v) is 35.9. The Kier molecular flexibility index (Phi) is 17.9. The molecule has 0 saturated carbocycles. The molecule has 0 aliphatic rings. The highest BCUT2D eigenvalue weighted by Gasteiger charge is 2.35. The molecule has 0 aliphatic heterocycles. The molecule has 2 N–H and O–H groups in total. The third kappa shape index (κ3) is 14.2. The van der Waals surface area contributed by atoms with E-state index in [9.17, 15) is 10.2 Å². The van der Waals surface area contributed by atoms with Gasteiger partial charge < -0.3 is 28.8 Å². The number of halogens is 2. The second kappa shape index (κ2) is 24.2. The summed E-state index contributed by atoms with van der Waals surface area (Å²) in [5, 5.41) is 31.0. The summed E-state index contributed by atoms with van der Waals surface area (Å²) in [6.07, 6.45) is 0.981. The topological polar surface area (TPSA) is 68.8 Å². The van der Waals surface area contributed by atoms with Gasteiger partial charge in [0.2, 0.25) is 0 Å². The largest absolute Gasteiger partial charge is 0.505 e. The monoisotopic (exact) mass is 1280 g/mol. The van der Waals surface area contributed by atoms with E-state index in [0.29, 0.717) is 62.7 Å². The smallest absolute Gasteiger partial charge is 0.147 e. The summed E-state index contributed by atoms with van der Waals surface area (Å²) in [5.41, 5.74) is 13.2. The first-order valence-electron chi connectivity index (χ1n) is 34.5. The summed E-state index contributed by atoms with van der Waals surface area (Å²) in [7, 11) is 0. The van der Waals surface area contributed by atoms with Crippen molar-refractivity contribution in [3.05, 3.63) is 177 Å². The van der Waals surface area contributed by atoms with Gasteiger partial charge in [-0.3, -0.25) is 0 Å². The van der Waals surface area contributed by atoms with Crippen LogP contribution >= 0.6 is 0 Å². The van der Waals surface area contributed by atoms with Gasteiger partial charge in [-0.2, -0.15) is 0 Å². The van der Waals surface area contributed by atoms with E-state index in [0.717, 1.165) is 67.6 Å². The molecule has 0 aliphatic carbocycles. The average molecular weight is 1280 g/mol. The minimum atomic E-state index is -0.518. The SMILES string of the molecule is Cc1cc(F)cc(-c2cc(C(C)(C)CC(C)(C)C)cc(-n3c4cc(C(C)(C)C)ccc4c4ccc(C(C)(C)C)cc43)c2O)c1O[C@H](C)C[C@H](C)Oc1c(C)cc(F)cc1-c1cc(C(C)(C)CC(C)(C)C)cc(-n2c3cc(C(C)(C)C)ccc3c3ccc(C(C)(C)C)cc32)c1O. The van der Waals surface area contributed by atoms with Crippen LogP contribution in [0.25, 0.3) is 77.2 Å². The molecule has 0 amide bonds. The van der Waals surface area contributed by atoms with Crippen molar-refractivity contribution >= 4 is 43.6 Å². The number of rotatable bonds is 14. The lowest BCUT2D eigenvalue weighted by atomic mass is 9.71. The zero-order valence-corrected chi connectivity index (χ0v) is 62.2. The molecule has 8 aromatic carbocycles. The predicted molar refractivity (Wildman–Crippen MR) is 399 cm³/mol. The maximum Gasteiger partial charge on any atom is 0.147 e. The molecule has 0 unspecified atom stereocenters. The molecule has 504 valence electrons. The van der Waals surface area contributed by atoms with Gasteiger partial charge in [-0.15, -0.1) is 0 Å². The third-order valence-electron chi connectivity index (χ3n) is 19.5. The molecule has 0 spiro atoms. The van der Waals surface area contributed by atoms with Gasteiger partial charge in [0.05, 0.1) is 45.6 Å². The molecule has 2 aromatic heterocycles. The summed E-state index contributed by atoms with van der Waals surface area (Å²) in [4.78, 5) is 0. The van der Waals surface area contributed by atoms with Crippen LogP contribution in [0.4, 0.5) is 8.78 Å². The van der Waals surface area contributed by atoms with Crippen LogP contribution in [0.15, 0.2) is 121 Å². The van der Waals surface area contributed by atoms with Gasteiger partial charge in [0.25, 0.3) is 0 Å². The Morgan fingerprint density at radius 1 is 0.358 bits per heavy atom. The number of fused-ring (bicyclic) bond motifs is 6. The van der Waals surface area contributed by atoms with E-state index in [1.54, 1.807) is 0 Å². The number of aromatic nitrogens is 2. The highest BCUT2D eigenvalue weighted by atomic mass is 19.1. The first-order valence-corrected chi connectivity index (χ1v) is 34.5. The Bertz CT molecular complexity index is 4180.